The normalized spacial score (nSPS) is 19.2. The topological polar surface area (TPSA) is 49.9 Å². The number of benzene rings is 2. The zero-order valence-electron chi connectivity index (χ0n) is 15.8. The summed E-state index contributed by atoms with van der Waals surface area (Å²) in [6, 6.07) is 13.8. The summed E-state index contributed by atoms with van der Waals surface area (Å²) in [6.45, 7) is 3.10. The predicted octanol–water partition coefficient (Wildman–Crippen LogP) is 3.34. The van der Waals surface area contributed by atoms with Crippen molar-refractivity contribution in [3.05, 3.63) is 53.6 Å². The third kappa shape index (κ3) is 3.18. The van der Waals surface area contributed by atoms with E-state index in [-0.39, 0.29) is 24.2 Å². The molecule has 140 valence electrons. The van der Waals surface area contributed by atoms with Gasteiger partial charge in [0.15, 0.2) is 0 Å². The monoisotopic (exact) mass is 364 g/mol. The van der Waals surface area contributed by atoms with Crippen molar-refractivity contribution in [1.29, 1.82) is 0 Å². The number of aryl methyl sites for hydroxylation is 2. The number of hydrogen-bond acceptors (Lipinski definition) is 3. The van der Waals surface area contributed by atoms with Crippen molar-refractivity contribution >= 4 is 23.2 Å². The molecule has 27 heavy (non-hydrogen) atoms. The quantitative estimate of drug-likeness (QED) is 0.839. The van der Waals surface area contributed by atoms with E-state index in [1.807, 2.05) is 48.2 Å². The molecule has 2 amide bonds. The lowest BCUT2D eigenvalue weighted by Crippen LogP contribution is -2.40. The van der Waals surface area contributed by atoms with Crippen LogP contribution in [0.5, 0.6) is 5.75 Å². The second-order valence-corrected chi connectivity index (χ2v) is 7.30. The number of carbonyl (C=O) groups excluding carboxylic acids is 2. The van der Waals surface area contributed by atoms with Crippen LogP contribution in [0.1, 0.15) is 24.0 Å². The fourth-order valence-electron chi connectivity index (χ4n) is 4.10. The molecule has 0 aromatic heterocycles. The van der Waals surface area contributed by atoms with E-state index in [0.717, 1.165) is 29.8 Å². The Morgan fingerprint density at radius 3 is 2.78 bits per heavy atom. The summed E-state index contributed by atoms with van der Waals surface area (Å²) in [5.41, 5.74) is 4.00. The maximum atomic E-state index is 13.2. The summed E-state index contributed by atoms with van der Waals surface area (Å²) < 4.78 is 5.43. The minimum Gasteiger partial charge on any atom is -0.495 e. The maximum Gasteiger partial charge on any atom is 0.232 e. The molecule has 1 unspecified atom stereocenters. The van der Waals surface area contributed by atoms with Gasteiger partial charge in [-0.1, -0.05) is 24.3 Å². The van der Waals surface area contributed by atoms with Gasteiger partial charge in [0.2, 0.25) is 11.8 Å². The van der Waals surface area contributed by atoms with Crippen LogP contribution in [-0.2, 0) is 16.0 Å². The number of fused-ring (bicyclic) bond motifs is 1. The highest BCUT2D eigenvalue weighted by molar-refractivity contribution is 6.05. The Morgan fingerprint density at radius 2 is 1.96 bits per heavy atom. The molecule has 0 radical (unpaired) electrons. The number of carbonyl (C=O) groups is 2. The van der Waals surface area contributed by atoms with E-state index in [2.05, 4.69) is 6.07 Å². The van der Waals surface area contributed by atoms with Crippen molar-refractivity contribution in [1.82, 2.24) is 0 Å². The average molecular weight is 364 g/mol. The van der Waals surface area contributed by atoms with Gasteiger partial charge in [0.05, 0.1) is 18.7 Å². The first-order chi connectivity index (χ1) is 13.1. The minimum absolute atomic E-state index is 0.0254. The van der Waals surface area contributed by atoms with Gasteiger partial charge < -0.3 is 14.5 Å². The molecule has 0 spiro atoms. The van der Waals surface area contributed by atoms with Gasteiger partial charge in [0, 0.05) is 25.2 Å². The van der Waals surface area contributed by atoms with Gasteiger partial charge in [-0.2, -0.15) is 0 Å². The maximum absolute atomic E-state index is 13.2. The van der Waals surface area contributed by atoms with Gasteiger partial charge in [-0.25, -0.2) is 0 Å². The zero-order chi connectivity index (χ0) is 19.0. The van der Waals surface area contributed by atoms with Gasteiger partial charge in [-0.05, 0) is 49.1 Å². The first-order valence-corrected chi connectivity index (χ1v) is 9.43. The highest BCUT2D eigenvalue weighted by Gasteiger charge is 2.39. The van der Waals surface area contributed by atoms with Crippen LogP contribution in [0.25, 0.3) is 0 Å². The number of amides is 2. The number of hydrogen-bond donors (Lipinski definition) is 0. The van der Waals surface area contributed by atoms with Crippen LogP contribution in [0.15, 0.2) is 42.5 Å². The SMILES string of the molecule is COc1ccc(C)cc1N1CC(C(=O)N2CCCc3ccccc32)CC1=O. The molecule has 2 aliphatic rings. The number of anilines is 2. The summed E-state index contributed by atoms with van der Waals surface area (Å²) in [6.07, 6.45) is 2.20. The summed E-state index contributed by atoms with van der Waals surface area (Å²) in [5.74, 6) is 0.353. The van der Waals surface area contributed by atoms with Crippen LogP contribution >= 0.6 is 0 Å². The molecule has 2 aliphatic heterocycles. The summed E-state index contributed by atoms with van der Waals surface area (Å²) in [7, 11) is 1.60. The van der Waals surface area contributed by atoms with Crippen molar-refractivity contribution in [2.45, 2.75) is 26.2 Å². The van der Waals surface area contributed by atoms with E-state index in [1.54, 1.807) is 12.0 Å². The van der Waals surface area contributed by atoms with Crippen molar-refractivity contribution in [3.8, 4) is 5.75 Å². The molecule has 0 N–H and O–H groups in total. The average Bonchev–Trinajstić information content (AvgIpc) is 3.08. The van der Waals surface area contributed by atoms with Gasteiger partial charge >= 0.3 is 0 Å². The van der Waals surface area contributed by atoms with E-state index < -0.39 is 0 Å². The lowest BCUT2D eigenvalue weighted by molar-refractivity contribution is -0.124. The van der Waals surface area contributed by atoms with Gasteiger partial charge in [0.1, 0.15) is 5.75 Å². The molecule has 4 rings (SSSR count). The van der Waals surface area contributed by atoms with E-state index in [1.165, 1.54) is 5.56 Å². The predicted molar refractivity (Wildman–Crippen MR) is 105 cm³/mol. The van der Waals surface area contributed by atoms with Crippen LogP contribution in [0.3, 0.4) is 0 Å². The number of methoxy groups -OCH3 is 1. The van der Waals surface area contributed by atoms with E-state index in [0.29, 0.717) is 18.8 Å². The second kappa shape index (κ2) is 7.06. The highest BCUT2D eigenvalue weighted by Crippen LogP contribution is 2.36. The van der Waals surface area contributed by atoms with Gasteiger partial charge in [-0.3, -0.25) is 9.59 Å². The van der Waals surface area contributed by atoms with Crippen molar-refractivity contribution in [3.63, 3.8) is 0 Å². The molecular formula is C22H24N2O3. The molecule has 0 bridgehead atoms. The van der Waals surface area contributed by atoms with E-state index >= 15 is 0 Å². The minimum atomic E-state index is -0.325. The number of para-hydroxylation sites is 1. The largest absolute Gasteiger partial charge is 0.495 e. The molecule has 0 aliphatic carbocycles. The fraction of sp³-hybridized carbons (Fsp3) is 0.364. The van der Waals surface area contributed by atoms with Crippen molar-refractivity contribution in [2.75, 3.05) is 30.0 Å². The van der Waals surface area contributed by atoms with Crippen LogP contribution in [0.4, 0.5) is 11.4 Å². The number of rotatable bonds is 3. The lowest BCUT2D eigenvalue weighted by Gasteiger charge is -2.31. The summed E-state index contributed by atoms with van der Waals surface area (Å²) >= 11 is 0. The molecule has 2 aromatic carbocycles. The van der Waals surface area contributed by atoms with Crippen molar-refractivity contribution in [2.24, 2.45) is 5.92 Å². The molecule has 1 atom stereocenters. The zero-order valence-corrected chi connectivity index (χ0v) is 15.8. The lowest BCUT2D eigenvalue weighted by atomic mass is 9.99. The molecule has 1 saturated heterocycles. The smallest absolute Gasteiger partial charge is 0.232 e. The second-order valence-electron chi connectivity index (χ2n) is 7.30. The van der Waals surface area contributed by atoms with Gasteiger partial charge in [-0.15, -0.1) is 0 Å². The Morgan fingerprint density at radius 1 is 1.15 bits per heavy atom. The third-order valence-electron chi connectivity index (χ3n) is 5.48. The fourth-order valence-corrected chi connectivity index (χ4v) is 4.10. The summed E-state index contributed by atoms with van der Waals surface area (Å²) in [4.78, 5) is 29.5. The Hall–Kier alpha value is -2.82. The first kappa shape index (κ1) is 17.6. The Labute approximate surface area is 159 Å². The molecule has 0 saturated carbocycles. The number of nitrogens with zero attached hydrogens (tertiary/aromatic N) is 2. The Kier molecular flexibility index (Phi) is 4.60. The molecule has 2 heterocycles. The highest BCUT2D eigenvalue weighted by atomic mass is 16.5. The van der Waals surface area contributed by atoms with Crippen LogP contribution in [0, 0.1) is 12.8 Å². The molecule has 5 heteroatoms. The Bertz CT molecular complexity index is 893. The van der Waals surface area contributed by atoms with E-state index in [9.17, 15) is 9.59 Å². The first-order valence-electron chi connectivity index (χ1n) is 9.43. The Balaban J connectivity index is 1.58. The van der Waals surface area contributed by atoms with Crippen LogP contribution in [0.2, 0.25) is 0 Å². The molecular weight excluding hydrogens is 340 g/mol. The van der Waals surface area contributed by atoms with E-state index in [4.69, 9.17) is 4.74 Å². The molecule has 5 nitrogen and oxygen atoms in total. The van der Waals surface area contributed by atoms with Crippen LogP contribution < -0.4 is 14.5 Å². The van der Waals surface area contributed by atoms with Crippen LogP contribution in [-0.4, -0.2) is 32.0 Å². The number of ether oxygens (including phenoxy) is 1. The van der Waals surface area contributed by atoms with Gasteiger partial charge in [0.25, 0.3) is 0 Å². The molecule has 2 aromatic rings. The van der Waals surface area contributed by atoms with Crippen molar-refractivity contribution < 1.29 is 14.3 Å². The third-order valence-corrected chi connectivity index (χ3v) is 5.48. The standard InChI is InChI=1S/C22H24N2O3/c1-15-9-10-20(27-2)19(12-15)24-14-17(13-21(24)25)22(26)23-11-5-7-16-6-3-4-8-18(16)23/h3-4,6,8-10,12,17H,5,7,11,13-14H2,1-2H3. The molecule has 1 fully saturated rings. The summed E-state index contributed by atoms with van der Waals surface area (Å²) in [5, 5.41) is 0.